The lowest BCUT2D eigenvalue weighted by molar-refractivity contribution is -0.131. The first-order valence-corrected chi connectivity index (χ1v) is 8.97. The van der Waals surface area contributed by atoms with E-state index in [0.29, 0.717) is 18.6 Å². The number of carbonyl (C=O) groups is 1. The minimum absolute atomic E-state index is 0.0234. The summed E-state index contributed by atoms with van der Waals surface area (Å²) in [5.41, 5.74) is 2.78. The summed E-state index contributed by atoms with van der Waals surface area (Å²) in [7, 11) is -0.234. The largest absolute Gasteiger partial charge is 0.492 e. The SMILES string of the molecule is CO[C@@H](C(=O)N[C@@H](CC1COc2c(C)cccc21)B(O)O)c1ccccc1. The number of fused-ring (bicyclic) bond motifs is 1. The van der Waals surface area contributed by atoms with Crippen LogP contribution < -0.4 is 10.1 Å². The Labute approximate surface area is 159 Å². The van der Waals surface area contributed by atoms with Crippen LogP contribution in [0, 0.1) is 6.92 Å². The van der Waals surface area contributed by atoms with Crippen molar-refractivity contribution in [2.24, 2.45) is 0 Å². The van der Waals surface area contributed by atoms with Gasteiger partial charge < -0.3 is 24.8 Å². The molecule has 3 atom stereocenters. The minimum Gasteiger partial charge on any atom is -0.492 e. The van der Waals surface area contributed by atoms with Crippen LogP contribution >= 0.6 is 0 Å². The average Bonchev–Trinajstić information content (AvgIpc) is 3.07. The zero-order valence-electron chi connectivity index (χ0n) is 15.5. The first-order chi connectivity index (χ1) is 13.0. The van der Waals surface area contributed by atoms with Crippen LogP contribution in [-0.4, -0.2) is 42.7 Å². The Kier molecular flexibility index (Phi) is 6.16. The molecular weight excluding hydrogens is 345 g/mol. The third kappa shape index (κ3) is 4.32. The smallest absolute Gasteiger partial charge is 0.475 e. The van der Waals surface area contributed by atoms with Crippen molar-refractivity contribution in [1.29, 1.82) is 0 Å². The van der Waals surface area contributed by atoms with Gasteiger partial charge in [0.15, 0.2) is 6.10 Å². The van der Waals surface area contributed by atoms with Gasteiger partial charge in [0.25, 0.3) is 5.91 Å². The predicted octanol–water partition coefficient (Wildman–Crippen LogP) is 1.75. The quantitative estimate of drug-likeness (QED) is 0.648. The van der Waals surface area contributed by atoms with Crippen molar-refractivity contribution in [2.45, 2.75) is 31.3 Å². The van der Waals surface area contributed by atoms with E-state index in [4.69, 9.17) is 9.47 Å². The van der Waals surface area contributed by atoms with Crippen LogP contribution in [0.5, 0.6) is 5.75 Å². The van der Waals surface area contributed by atoms with Crippen LogP contribution in [0.4, 0.5) is 0 Å². The molecule has 0 saturated carbocycles. The summed E-state index contributed by atoms with van der Waals surface area (Å²) in [6.45, 7) is 2.43. The summed E-state index contributed by atoms with van der Waals surface area (Å²) in [6, 6.07) is 15.0. The van der Waals surface area contributed by atoms with E-state index < -0.39 is 25.1 Å². The van der Waals surface area contributed by atoms with E-state index in [1.807, 2.05) is 43.3 Å². The summed E-state index contributed by atoms with van der Waals surface area (Å²) in [5, 5.41) is 22.3. The van der Waals surface area contributed by atoms with E-state index in [-0.39, 0.29) is 5.92 Å². The van der Waals surface area contributed by atoms with Crippen molar-refractivity contribution in [3.8, 4) is 5.75 Å². The van der Waals surface area contributed by atoms with Crippen molar-refractivity contribution in [3.63, 3.8) is 0 Å². The number of para-hydroxylation sites is 1. The molecule has 7 heteroatoms. The van der Waals surface area contributed by atoms with Gasteiger partial charge in [-0.15, -0.1) is 0 Å². The summed E-state index contributed by atoms with van der Waals surface area (Å²) in [6.07, 6.45) is -0.466. The summed E-state index contributed by atoms with van der Waals surface area (Å²) < 4.78 is 11.1. The number of nitrogens with one attached hydrogen (secondary N) is 1. The van der Waals surface area contributed by atoms with Gasteiger partial charge in [0.2, 0.25) is 0 Å². The van der Waals surface area contributed by atoms with Crippen LogP contribution in [0.2, 0.25) is 0 Å². The fourth-order valence-corrected chi connectivity index (χ4v) is 3.50. The van der Waals surface area contributed by atoms with E-state index >= 15 is 0 Å². The van der Waals surface area contributed by atoms with Crippen LogP contribution in [0.25, 0.3) is 0 Å². The predicted molar refractivity (Wildman–Crippen MR) is 102 cm³/mol. The molecule has 142 valence electrons. The number of methoxy groups -OCH3 is 1. The Hall–Kier alpha value is -2.35. The molecule has 6 nitrogen and oxygen atoms in total. The van der Waals surface area contributed by atoms with E-state index in [9.17, 15) is 14.8 Å². The first kappa shape index (κ1) is 19.4. The molecule has 0 saturated heterocycles. The van der Waals surface area contributed by atoms with E-state index in [1.165, 1.54) is 7.11 Å². The van der Waals surface area contributed by atoms with Gasteiger partial charge in [-0.2, -0.15) is 0 Å². The van der Waals surface area contributed by atoms with Gasteiger partial charge in [0.05, 0.1) is 12.5 Å². The van der Waals surface area contributed by atoms with Crippen molar-refractivity contribution in [2.75, 3.05) is 13.7 Å². The molecule has 2 aromatic rings. The average molecular weight is 369 g/mol. The van der Waals surface area contributed by atoms with Gasteiger partial charge >= 0.3 is 7.12 Å². The van der Waals surface area contributed by atoms with Crippen molar-refractivity contribution in [3.05, 3.63) is 65.2 Å². The number of aryl methyl sites for hydroxylation is 1. The van der Waals surface area contributed by atoms with Crippen molar-refractivity contribution < 1.29 is 24.3 Å². The van der Waals surface area contributed by atoms with Crippen molar-refractivity contribution in [1.82, 2.24) is 5.32 Å². The lowest BCUT2D eigenvalue weighted by Crippen LogP contribution is -2.49. The Morgan fingerprint density at radius 3 is 2.67 bits per heavy atom. The highest BCUT2D eigenvalue weighted by Crippen LogP contribution is 2.38. The highest BCUT2D eigenvalue weighted by Gasteiger charge is 2.35. The van der Waals surface area contributed by atoms with Gasteiger partial charge in [0.1, 0.15) is 5.75 Å². The van der Waals surface area contributed by atoms with E-state index in [0.717, 1.165) is 16.9 Å². The topological polar surface area (TPSA) is 88.0 Å². The lowest BCUT2D eigenvalue weighted by atomic mass is 9.73. The molecular formula is C20H24BNO5. The van der Waals surface area contributed by atoms with Crippen LogP contribution in [0.15, 0.2) is 48.5 Å². The molecule has 0 aromatic heterocycles. The number of ether oxygens (including phenoxy) is 2. The fourth-order valence-electron chi connectivity index (χ4n) is 3.50. The summed E-state index contributed by atoms with van der Waals surface area (Å²) in [5.74, 6) is -0.423. The molecule has 1 unspecified atom stereocenters. The molecule has 3 rings (SSSR count). The fraction of sp³-hybridized carbons (Fsp3) is 0.350. The van der Waals surface area contributed by atoms with E-state index in [1.54, 1.807) is 12.1 Å². The number of benzene rings is 2. The maximum Gasteiger partial charge on any atom is 0.475 e. The van der Waals surface area contributed by atoms with Crippen LogP contribution in [0.1, 0.15) is 35.1 Å². The normalized spacial score (nSPS) is 17.6. The second-order valence-electron chi connectivity index (χ2n) is 6.79. The standard InChI is InChI=1S/C20H24BNO5/c1-13-7-6-10-16-15(12-27-18(13)16)11-17(21(24)25)22-20(23)19(26-2)14-8-4-3-5-9-14/h3-10,15,17,19,24-25H,11-12H2,1-2H3,(H,22,23)/t15?,17-,19+/m0/s1. The third-order valence-electron chi connectivity index (χ3n) is 4.91. The maximum atomic E-state index is 12.7. The molecule has 0 bridgehead atoms. The maximum absolute atomic E-state index is 12.7. The Balaban J connectivity index is 1.72. The zero-order chi connectivity index (χ0) is 19.4. The van der Waals surface area contributed by atoms with E-state index in [2.05, 4.69) is 5.32 Å². The van der Waals surface area contributed by atoms with Gasteiger partial charge in [-0.25, -0.2) is 0 Å². The summed E-state index contributed by atoms with van der Waals surface area (Å²) in [4.78, 5) is 12.7. The Bertz CT molecular complexity index is 783. The second kappa shape index (κ2) is 8.56. The Morgan fingerprint density at radius 2 is 2.00 bits per heavy atom. The highest BCUT2D eigenvalue weighted by atomic mass is 16.5. The van der Waals surface area contributed by atoms with Crippen LogP contribution in [-0.2, 0) is 9.53 Å². The lowest BCUT2D eigenvalue weighted by Gasteiger charge is -2.23. The molecule has 1 aliphatic heterocycles. The number of hydrogen-bond donors (Lipinski definition) is 3. The second-order valence-corrected chi connectivity index (χ2v) is 6.79. The molecule has 0 fully saturated rings. The third-order valence-corrected chi connectivity index (χ3v) is 4.91. The van der Waals surface area contributed by atoms with Gasteiger partial charge in [-0.3, -0.25) is 4.79 Å². The monoisotopic (exact) mass is 369 g/mol. The number of rotatable bonds is 7. The molecule has 0 radical (unpaired) electrons. The Morgan fingerprint density at radius 1 is 1.26 bits per heavy atom. The van der Waals surface area contributed by atoms with Crippen LogP contribution in [0.3, 0.4) is 0 Å². The number of amides is 1. The minimum atomic E-state index is -1.68. The molecule has 3 N–H and O–H groups in total. The van der Waals surface area contributed by atoms with Crippen molar-refractivity contribution >= 4 is 13.0 Å². The molecule has 1 amide bonds. The first-order valence-electron chi connectivity index (χ1n) is 8.97. The molecule has 0 spiro atoms. The molecule has 27 heavy (non-hydrogen) atoms. The van der Waals surface area contributed by atoms with Gasteiger partial charge in [-0.1, -0.05) is 48.5 Å². The zero-order valence-corrected chi connectivity index (χ0v) is 15.5. The molecule has 0 aliphatic carbocycles. The van der Waals surface area contributed by atoms with Gasteiger partial charge in [0, 0.05) is 18.6 Å². The van der Waals surface area contributed by atoms with Gasteiger partial charge in [-0.05, 0) is 24.5 Å². The highest BCUT2D eigenvalue weighted by molar-refractivity contribution is 6.43. The summed E-state index contributed by atoms with van der Waals surface area (Å²) >= 11 is 0. The molecule has 1 aliphatic rings. The number of hydrogen-bond acceptors (Lipinski definition) is 5. The molecule has 2 aromatic carbocycles. The molecule has 1 heterocycles. The number of carbonyl (C=O) groups excluding carboxylic acids is 1.